The van der Waals surface area contributed by atoms with Gasteiger partial charge < -0.3 is 0 Å². The monoisotopic (exact) mass is 304 g/mol. The SMILES string of the molecule is Cc1ccc(C(=O)c2cc3cc(F)ccc3s2)cc1Cl. The quantitative estimate of drug-likeness (QED) is 0.592. The Morgan fingerprint density at radius 1 is 1.15 bits per heavy atom. The second-order valence-electron chi connectivity index (χ2n) is 4.59. The molecule has 0 N–H and O–H groups in total. The van der Waals surface area contributed by atoms with E-state index in [1.165, 1.54) is 23.5 Å². The fourth-order valence-electron chi connectivity index (χ4n) is 2.00. The summed E-state index contributed by atoms with van der Waals surface area (Å²) in [6.07, 6.45) is 0. The molecule has 3 rings (SSSR count). The minimum atomic E-state index is -0.298. The van der Waals surface area contributed by atoms with Gasteiger partial charge in [-0.2, -0.15) is 0 Å². The zero-order valence-corrected chi connectivity index (χ0v) is 12.2. The first-order chi connectivity index (χ1) is 9.54. The highest BCUT2D eigenvalue weighted by Gasteiger charge is 2.14. The molecule has 0 radical (unpaired) electrons. The molecule has 0 amide bonds. The van der Waals surface area contributed by atoms with Crippen molar-refractivity contribution in [3.8, 4) is 0 Å². The molecule has 0 saturated carbocycles. The molecule has 20 heavy (non-hydrogen) atoms. The van der Waals surface area contributed by atoms with E-state index >= 15 is 0 Å². The number of fused-ring (bicyclic) bond motifs is 1. The Kier molecular flexibility index (Phi) is 3.32. The van der Waals surface area contributed by atoms with Crippen LogP contribution in [0.5, 0.6) is 0 Å². The third-order valence-corrected chi connectivity index (χ3v) is 4.66. The Hall–Kier alpha value is -1.71. The first-order valence-electron chi connectivity index (χ1n) is 6.04. The number of benzene rings is 2. The molecule has 1 aromatic heterocycles. The lowest BCUT2D eigenvalue weighted by molar-refractivity contribution is 0.104. The molecule has 0 aliphatic carbocycles. The maximum Gasteiger partial charge on any atom is 0.203 e. The summed E-state index contributed by atoms with van der Waals surface area (Å²) in [6, 6.07) is 11.5. The molecule has 100 valence electrons. The van der Waals surface area contributed by atoms with Crippen molar-refractivity contribution in [3.05, 3.63) is 69.3 Å². The summed E-state index contributed by atoms with van der Waals surface area (Å²) in [5.41, 5.74) is 1.48. The predicted octanol–water partition coefficient (Wildman–Crippen LogP) is 5.23. The molecule has 2 aromatic carbocycles. The van der Waals surface area contributed by atoms with E-state index in [0.29, 0.717) is 15.5 Å². The van der Waals surface area contributed by atoms with Crippen LogP contribution in [0.2, 0.25) is 5.02 Å². The van der Waals surface area contributed by atoms with Gasteiger partial charge in [0.05, 0.1) is 4.88 Å². The van der Waals surface area contributed by atoms with Crippen LogP contribution in [-0.4, -0.2) is 5.78 Å². The van der Waals surface area contributed by atoms with Gasteiger partial charge in [0.2, 0.25) is 5.78 Å². The van der Waals surface area contributed by atoms with Gasteiger partial charge in [0, 0.05) is 15.3 Å². The molecule has 0 aliphatic rings. The normalized spacial score (nSPS) is 10.9. The van der Waals surface area contributed by atoms with Gasteiger partial charge in [0.25, 0.3) is 0 Å². The van der Waals surface area contributed by atoms with Crippen molar-refractivity contribution in [1.82, 2.24) is 0 Å². The number of aryl methyl sites for hydroxylation is 1. The van der Waals surface area contributed by atoms with E-state index in [2.05, 4.69) is 0 Å². The van der Waals surface area contributed by atoms with E-state index < -0.39 is 0 Å². The molecule has 0 unspecified atom stereocenters. The number of carbonyl (C=O) groups is 1. The number of thiophene rings is 1. The molecule has 4 heteroatoms. The topological polar surface area (TPSA) is 17.1 Å². The summed E-state index contributed by atoms with van der Waals surface area (Å²) in [5.74, 6) is -0.388. The van der Waals surface area contributed by atoms with Gasteiger partial charge in [0.1, 0.15) is 5.82 Å². The third kappa shape index (κ3) is 2.35. The van der Waals surface area contributed by atoms with Crippen LogP contribution in [0.15, 0.2) is 42.5 Å². The van der Waals surface area contributed by atoms with Gasteiger partial charge in [-0.3, -0.25) is 4.79 Å². The van der Waals surface area contributed by atoms with Crippen LogP contribution in [-0.2, 0) is 0 Å². The molecule has 0 fully saturated rings. The van der Waals surface area contributed by atoms with Gasteiger partial charge in [-0.15, -0.1) is 11.3 Å². The molecule has 0 aliphatic heterocycles. The molecule has 1 heterocycles. The highest BCUT2D eigenvalue weighted by Crippen LogP contribution is 2.29. The van der Waals surface area contributed by atoms with Gasteiger partial charge in [-0.1, -0.05) is 23.7 Å². The summed E-state index contributed by atoms with van der Waals surface area (Å²) >= 11 is 7.41. The number of hydrogen-bond donors (Lipinski definition) is 0. The molecule has 0 bridgehead atoms. The second kappa shape index (κ2) is 5.00. The van der Waals surface area contributed by atoms with Crippen molar-refractivity contribution in [3.63, 3.8) is 0 Å². The second-order valence-corrected chi connectivity index (χ2v) is 6.08. The summed E-state index contributed by atoms with van der Waals surface area (Å²) in [4.78, 5) is 13.0. The van der Waals surface area contributed by atoms with E-state index in [1.54, 1.807) is 24.3 Å². The zero-order valence-electron chi connectivity index (χ0n) is 10.6. The average molecular weight is 305 g/mol. The van der Waals surface area contributed by atoms with Crippen LogP contribution < -0.4 is 0 Å². The van der Waals surface area contributed by atoms with Crippen LogP contribution in [0.3, 0.4) is 0 Å². The molecular formula is C16H10ClFOS. The van der Waals surface area contributed by atoms with E-state index in [1.807, 2.05) is 13.0 Å². The largest absolute Gasteiger partial charge is 0.288 e. The first-order valence-corrected chi connectivity index (χ1v) is 7.24. The van der Waals surface area contributed by atoms with Gasteiger partial charge in [-0.05, 0) is 48.2 Å². The number of rotatable bonds is 2. The molecule has 0 saturated heterocycles. The number of ketones is 1. The lowest BCUT2D eigenvalue weighted by Gasteiger charge is -2.01. The van der Waals surface area contributed by atoms with E-state index in [4.69, 9.17) is 11.6 Å². The van der Waals surface area contributed by atoms with Crippen LogP contribution in [0, 0.1) is 12.7 Å². The minimum Gasteiger partial charge on any atom is -0.288 e. The summed E-state index contributed by atoms with van der Waals surface area (Å²) in [6.45, 7) is 1.89. The molecule has 0 atom stereocenters. The smallest absolute Gasteiger partial charge is 0.203 e. The maximum absolute atomic E-state index is 13.2. The Bertz CT molecular complexity index is 822. The van der Waals surface area contributed by atoms with E-state index in [0.717, 1.165) is 15.6 Å². The minimum absolute atomic E-state index is 0.0893. The predicted molar refractivity (Wildman–Crippen MR) is 81.4 cm³/mol. The van der Waals surface area contributed by atoms with Crippen molar-refractivity contribution < 1.29 is 9.18 Å². The highest BCUT2D eigenvalue weighted by atomic mass is 35.5. The van der Waals surface area contributed by atoms with Crippen LogP contribution in [0.1, 0.15) is 20.8 Å². The number of hydrogen-bond acceptors (Lipinski definition) is 2. The summed E-state index contributed by atoms with van der Waals surface area (Å²) in [7, 11) is 0. The Morgan fingerprint density at radius 2 is 1.95 bits per heavy atom. The summed E-state index contributed by atoms with van der Waals surface area (Å²) in [5, 5.41) is 1.32. The van der Waals surface area contributed by atoms with Crippen LogP contribution >= 0.6 is 22.9 Å². The van der Waals surface area contributed by atoms with E-state index in [9.17, 15) is 9.18 Å². The Morgan fingerprint density at radius 3 is 2.70 bits per heavy atom. The van der Waals surface area contributed by atoms with Gasteiger partial charge in [-0.25, -0.2) is 4.39 Å². The van der Waals surface area contributed by atoms with Crippen molar-refractivity contribution in [2.24, 2.45) is 0 Å². The van der Waals surface area contributed by atoms with Gasteiger partial charge >= 0.3 is 0 Å². The van der Waals surface area contributed by atoms with Crippen LogP contribution in [0.4, 0.5) is 4.39 Å². The average Bonchev–Trinajstić information content (AvgIpc) is 2.84. The zero-order chi connectivity index (χ0) is 14.3. The molecule has 3 aromatic rings. The Balaban J connectivity index is 2.05. The number of carbonyl (C=O) groups excluding carboxylic acids is 1. The van der Waals surface area contributed by atoms with Crippen molar-refractivity contribution in [2.75, 3.05) is 0 Å². The van der Waals surface area contributed by atoms with Crippen molar-refractivity contribution in [2.45, 2.75) is 6.92 Å². The van der Waals surface area contributed by atoms with Crippen LogP contribution in [0.25, 0.3) is 10.1 Å². The fourth-order valence-corrected chi connectivity index (χ4v) is 3.19. The van der Waals surface area contributed by atoms with E-state index in [-0.39, 0.29) is 11.6 Å². The van der Waals surface area contributed by atoms with Crippen molar-refractivity contribution >= 4 is 38.8 Å². The third-order valence-electron chi connectivity index (χ3n) is 3.14. The molecule has 1 nitrogen and oxygen atoms in total. The lowest BCUT2D eigenvalue weighted by Crippen LogP contribution is -1.98. The molecular weight excluding hydrogens is 295 g/mol. The van der Waals surface area contributed by atoms with Crippen molar-refractivity contribution in [1.29, 1.82) is 0 Å². The van der Waals surface area contributed by atoms with Gasteiger partial charge in [0.15, 0.2) is 0 Å². The first kappa shape index (κ1) is 13.3. The highest BCUT2D eigenvalue weighted by molar-refractivity contribution is 7.21. The fraction of sp³-hybridized carbons (Fsp3) is 0.0625. The maximum atomic E-state index is 13.2. The molecule has 0 spiro atoms. The standard InChI is InChI=1S/C16H10ClFOS/c1-9-2-3-10(7-13(9)17)16(19)15-8-11-6-12(18)4-5-14(11)20-15/h2-8H,1H3. The number of halogens is 2. The lowest BCUT2D eigenvalue weighted by atomic mass is 10.1. The summed E-state index contributed by atoms with van der Waals surface area (Å²) < 4.78 is 14.1. The Labute approximate surface area is 124 Å².